The van der Waals surface area contributed by atoms with Crippen LogP contribution in [0, 0.1) is 0 Å². The monoisotopic (exact) mass is 378 g/mol. The molecule has 3 rings (SSSR count). The van der Waals surface area contributed by atoms with E-state index in [-0.39, 0.29) is 17.3 Å². The van der Waals surface area contributed by atoms with E-state index < -0.39 is 10.0 Å². The van der Waals surface area contributed by atoms with Gasteiger partial charge in [-0.05, 0) is 43.3 Å². The number of furan rings is 1. The lowest BCUT2D eigenvalue weighted by Crippen LogP contribution is -3.14. The summed E-state index contributed by atoms with van der Waals surface area (Å²) < 4.78 is 32.3. The number of benzene rings is 1. The summed E-state index contributed by atoms with van der Waals surface area (Å²) in [6.07, 6.45) is 1.49. The van der Waals surface area contributed by atoms with E-state index in [9.17, 15) is 13.2 Å². The molecule has 0 radical (unpaired) electrons. The fourth-order valence-corrected chi connectivity index (χ4v) is 3.99. The van der Waals surface area contributed by atoms with E-state index in [1.807, 2.05) is 4.90 Å². The summed E-state index contributed by atoms with van der Waals surface area (Å²) >= 11 is 0. The number of hydrogen-bond acceptors (Lipinski definition) is 4. The highest BCUT2D eigenvalue weighted by Gasteiger charge is 2.24. The van der Waals surface area contributed by atoms with Crippen LogP contribution in [0.5, 0.6) is 0 Å². The van der Waals surface area contributed by atoms with E-state index in [0.29, 0.717) is 11.3 Å². The van der Waals surface area contributed by atoms with Gasteiger partial charge in [-0.15, -0.1) is 0 Å². The van der Waals surface area contributed by atoms with Crippen molar-refractivity contribution >= 4 is 15.9 Å². The predicted molar refractivity (Wildman–Crippen MR) is 96.3 cm³/mol. The lowest BCUT2D eigenvalue weighted by molar-refractivity contribution is -0.902. The van der Waals surface area contributed by atoms with Crippen LogP contribution in [0.15, 0.2) is 52.0 Å². The van der Waals surface area contributed by atoms with Crippen molar-refractivity contribution in [1.29, 1.82) is 0 Å². The maximum absolute atomic E-state index is 12.6. The second kappa shape index (κ2) is 8.03. The van der Waals surface area contributed by atoms with Crippen molar-refractivity contribution in [3.63, 3.8) is 0 Å². The molecule has 0 aliphatic carbocycles. The van der Waals surface area contributed by atoms with Gasteiger partial charge < -0.3 is 14.2 Å². The van der Waals surface area contributed by atoms with Crippen LogP contribution >= 0.6 is 0 Å². The third-order valence-corrected chi connectivity index (χ3v) is 6.10. The van der Waals surface area contributed by atoms with Gasteiger partial charge in [0, 0.05) is 5.56 Å². The SMILES string of the molecule is CC[NH+]1CCN(C(=O)c2ccc(S(=O)(=O)NCc3ccco3)cc2)CC1. The number of amides is 1. The minimum absolute atomic E-state index is 0.0485. The summed E-state index contributed by atoms with van der Waals surface area (Å²) in [4.78, 5) is 16.0. The molecule has 1 amide bonds. The molecule has 1 fully saturated rings. The van der Waals surface area contributed by atoms with Crippen molar-refractivity contribution < 1.29 is 22.5 Å². The summed E-state index contributed by atoms with van der Waals surface area (Å²) in [6, 6.07) is 9.47. The van der Waals surface area contributed by atoms with Gasteiger partial charge in [0.25, 0.3) is 5.91 Å². The average molecular weight is 378 g/mol. The largest absolute Gasteiger partial charge is 0.468 e. The topological polar surface area (TPSA) is 84.1 Å². The van der Waals surface area contributed by atoms with Crippen molar-refractivity contribution in [2.45, 2.75) is 18.4 Å². The van der Waals surface area contributed by atoms with Crippen LogP contribution in [-0.4, -0.2) is 51.9 Å². The van der Waals surface area contributed by atoms with Crippen LogP contribution in [0.4, 0.5) is 0 Å². The molecule has 26 heavy (non-hydrogen) atoms. The smallest absolute Gasteiger partial charge is 0.254 e. The quantitative estimate of drug-likeness (QED) is 0.748. The highest BCUT2D eigenvalue weighted by atomic mass is 32.2. The van der Waals surface area contributed by atoms with Gasteiger partial charge in [-0.25, -0.2) is 13.1 Å². The first-order valence-corrected chi connectivity index (χ1v) is 10.2. The Bertz CT molecular complexity index is 824. The van der Waals surface area contributed by atoms with E-state index >= 15 is 0 Å². The third-order valence-electron chi connectivity index (χ3n) is 4.69. The van der Waals surface area contributed by atoms with E-state index in [1.54, 1.807) is 24.3 Å². The standard InChI is InChI=1S/C18H23N3O4S/c1-2-20-9-11-21(12-10-20)18(22)15-5-7-17(8-6-15)26(23,24)19-14-16-4-3-13-25-16/h3-8,13,19H,2,9-12,14H2,1H3/p+1. The molecular weight excluding hydrogens is 354 g/mol. The number of hydrogen-bond donors (Lipinski definition) is 2. The average Bonchev–Trinajstić information content (AvgIpc) is 3.20. The zero-order valence-electron chi connectivity index (χ0n) is 14.8. The fraction of sp³-hybridized carbons (Fsp3) is 0.389. The number of likely N-dealkylation sites (N-methyl/N-ethyl adjacent to an activating group) is 1. The molecule has 0 unspecified atom stereocenters. The summed E-state index contributed by atoms with van der Waals surface area (Å²) in [5, 5.41) is 0. The molecule has 1 aliphatic rings. The highest BCUT2D eigenvalue weighted by Crippen LogP contribution is 2.13. The number of carbonyl (C=O) groups is 1. The van der Waals surface area contributed by atoms with Crippen LogP contribution in [-0.2, 0) is 16.6 Å². The molecule has 8 heteroatoms. The van der Waals surface area contributed by atoms with Crippen LogP contribution in [0.1, 0.15) is 23.0 Å². The Balaban J connectivity index is 1.63. The summed E-state index contributed by atoms with van der Waals surface area (Å²) in [6.45, 7) is 6.65. The second-order valence-corrected chi connectivity index (χ2v) is 8.09. The third kappa shape index (κ3) is 4.32. The maximum Gasteiger partial charge on any atom is 0.254 e. The van der Waals surface area contributed by atoms with Crippen molar-refractivity contribution in [1.82, 2.24) is 9.62 Å². The van der Waals surface area contributed by atoms with Crippen LogP contribution in [0.25, 0.3) is 0 Å². The summed E-state index contributed by atoms with van der Waals surface area (Å²) in [5.74, 6) is 0.487. The molecule has 0 spiro atoms. The molecule has 140 valence electrons. The Morgan fingerprint density at radius 3 is 2.46 bits per heavy atom. The van der Waals surface area contributed by atoms with Crippen LogP contribution < -0.4 is 9.62 Å². The number of nitrogens with one attached hydrogen (secondary N) is 2. The zero-order chi connectivity index (χ0) is 18.6. The van der Waals surface area contributed by atoms with Gasteiger partial charge >= 0.3 is 0 Å². The molecule has 0 saturated carbocycles. The molecular formula is C18H24N3O4S+. The van der Waals surface area contributed by atoms with Gasteiger partial charge in [0.1, 0.15) is 5.76 Å². The van der Waals surface area contributed by atoms with Crippen molar-refractivity contribution in [2.24, 2.45) is 0 Å². The lowest BCUT2D eigenvalue weighted by atomic mass is 10.2. The summed E-state index contributed by atoms with van der Waals surface area (Å²) in [5.41, 5.74) is 0.509. The Labute approximate surface area is 153 Å². The van der Waals surface area contributed by atoms with E-state index in [0.717, 1.165) is 32.7 Å². The molecule has 2 N–H and O–H groups in total. The second-order valence-electron chi connectivity index (χ2n) is 6.32. The first-order chi connectivity index (χ1) is 12.5. The van der Waals surface area contributed by atoms with Gasteiger partial charge in [-0.2, -0.15) is 0 Å². The number of carbonyl (C=O) groups excluding carboxylic acids is 1. The maximum atomic E-state index is 12.6. The van der Waals surface area contributed by atoms with Gasteiger partial charge in [0.15, 0.2) is 0 Å². The molecule has 1 aromatic carbocycles. The molecule has 1 saturated heterocycles. The molecule has 1 aliphatic heterocycles. The van der Waals surface area contributed by atoms with Gasteiger partial charge in [0.2, 0.25) is 10.0 Å². The molecule has 2 aromatic rings. The molecule has 2 heterocycles. The highest BCUT2D eigenvalue weighted by molar-refractivity contribution is 7.89. The molecule has 1 aromatic heterocycles. The molecule has 0 bridgehead atoms. The Morgan fingerprint density at radius 1 is 1.19 bits per heavy atom. The first-order valence-electron chi connectivity index (χ1n) is 8.74. The van der Waals surface area contributed by atoms with E-state index in [4.69, 9.17) is 4.42 Å². The molecule has 0 atom stereocenters. The van der Waals surface area contributed by atoms with Gasteiger partial charge in [0.05, 0.1) is 50.4 Å². The number of quaternary nitrogens is 1. The van der Waals surface area contributed by atoms with E-state index in [1.165, 1.54) is 23.3 Å². The zero-order valence-corrected chi connectivity index (χ0v) is 15.6. The van der Waals surface area contributed by atoms with Crippen molar-refractivity contribution in [3.05, 3.63) is 54.0 Å². The Morgan fingerprint density at radius 2 is 1.88 bits per heavy atom. The van der Waals surface area contributed by atoms with Crippen molar-refractivity contribution in [3.8, 4) is 0 Å². The van der Waals surface area contributed by atoms with E-state index in [2.05, 4.69) is 11.6 Å². The van der Waals surface area contributed by atoms with Crippen LogP contribution in [0.3, 0.4) is 0 Å². The first kappa shape index (κ1) is 18.6. The van der Waals surface area contributed by atoms with Crippen LogP contribution in [0.2, 0.25) is 0 Å². The Kier molecular flexibility index (Phi) is 5.75. The number of nitrogens with zero attached hydrogens (tertiary/aromatic N) is 1. The number of piperazine rings is 1. The lowest BCUT2D eigenvalue weighted by Gasteiger charge is -2.31. The van der Waals surface area contributed by atoms with Crippen molar-refractivity contribution in [2.75, 3.05) is 32.7 Å². The minimum atomic E-state index is -3.65. The number of sulfonamides is 1. The van der Waals surface area contributed by atoms with Gasteiger partial charge in [-0.3, -0.25) is 4.79 Å². The minimum Gasteiger partial charge on any atom is -0.468 e. The fourth-order valence-electron chi connectivity index (χ4n) is 3.00. The normalized spacial score (nSPS) is 16.0. The van der Waals surface area contributed by atoms with Gasteiger partial charge in [-0.1, -0.05) is 0 Å². The Hall–Kier alpha value is -2.16. The molecule has 7 nitrogen and oxygen atoms in total. The number of rotatable bonds is 6. The summed E-state index contributed by atoms with van der Waals surface area (Å²) in [7, 11) is -3.65. The predicted octanol–water partition coefficient (Wildman–Crippen LogP) is 0.119.